The van der Waals surface area contributed by atoms with Gasteiger partial charge in [0.05, 0.1) is 11.5 Å². The average molecular weight is 409 g/mol. The van der Waals surface area contributed by atoms with Crippen molar-refractivity contribution in [3.63, 3.8) is 0 Å². The normalized spacial score (nSPS) is 19.4. The Labute approximate surface area is 157 Å². The van der Waals surface area contributed by atoms with Crippen LogP contribution in [0, 0.1) is 5.92 Å². The number of anilines is 1. The molecule has 1 heterocycles. The number of thioether (sulfide) groups is 1. The molecular weight excluding hydrogens is 386 g/mol. The lowest BCUT2D eigenvalue weighted by atomic mass is 10.1. The molecule has 1 N–H and O–H groups in total. The lowest BCUT2D eigenvalue weighted by molar-refractivity contribution is 0.252. The Kier molecular flexibility index (Phi) is 7.04. The first-order valence-corrected chi connectivity index (χ1v) is 11.1. The van der Waals surface area contributed by atoms with E-state index in [0.717, 1.165) is 0 Å². The molecule has 0 radical (unpaired) electrons. The monoisotopic (exact) mass is 408 g/mol. The highest BCUT2D eigenvalue weighted by Gasteiger charge is 2.33. The standard InChI is InChI=1S/C16H22F2N2O2S3/c1-11(2)9-20(13-7-8-25(21,22)10-13)16(23)19-12-3-5-14(6-4-12)24-15(17)18/h3-6,11,13,15H,7-10H2,1-2H3,(H,19,23)/t13-/m1/s1. The Morgan fingerprint density at radius 3 is 2.48 bits per heavy atom. The maximum atomic E-state index is 12.4. The SMILES string of the molecule is CC(C)CN(C(=S)Nc1ccc(SC(F)F)cc1)[C@@H]1CCS(=O)(=O)C1. The van der Waals surface area contributed by atoms with Crippen LogP contribution in [0.1, 0.15) is 20.3 Å². The summed E-state index contributed by atoms with van der Waals surface area (Å²) in [6, 6.07) is 6.47. The first-order valence-electron chi connectivity index (χ1n) is 7.99. The Morgan fingerprint density at radius 1 is 1.36 bits per heavy atom. The summed E-state index contributed by atoms with van der Waals surface area (Å²) in [7, 11) is -3.00. The van der Waals surface area contributed by atoms with Gasteiger partial charge in [-0.25, -0.2) is 8.42 Å². The number of nitrogens with zero attached hydrogens (tertiary/aromatic N) is 1. The fourth-order valence-electron chi connectivity index (χ4n) is 2.73. The molecule has 1 aromatic carbocycles. The topological polar surface area (TPSA) is 49.4 Å². The van der Waals surface area contributed by atoms with Crippen molar-refractivity contribution in [1.29, 1.82) is 0 Å². The summed E-state index contributed by atoms with van der Waals surface area (Å²) in [6.07, 6.45) is 0.570. The van der Waals surface area contributed by atoms with Crippen molar-refractivity contribution < 1.29 is 17.2 Å². The van der Waals surface area contributed by atoms with Gasteiger partial charge in [0.15, 0.2) is 14.9 Å². The second kappa shape index (κ2) is 8.64. The molecule has 1 atom stereocenters. The summed E-state index contributed by atoms with van der Waals surface area (Å²) in [5.74, 6) is -1.82. The molecule has 1 fully saturated rings. The summed E-state index contributed by atoms with van der Waals surface area (Å²) in [6.45, 7) is 4.76. The van der Waals surface area contributed by atoms with Crippen LogP contribution in [0.15, 0.2) is 29.2 Å². The number of rotatable bonds is 6. The number of hydrogen-bond donors (Lipinski definition) is 1. The molecule has 4 nitrogen and oxygen atoms in total. The zero-order valence-electron chi connectivity index (χ0n) is 14.1. The highest BCUT2D eigenvalue weighted by molar-refractivity contribution is 7.99. The summed E-state index contributed by atoms with van der Waals surface area (Å²) >= 11 is 5.97. The molecule has 0 amide bonds. The van der Waals surface area contributed by atoms with Crippen LogP contribution < -0.4 is 5.32 Å². The molecule has 9 heteroatoms. The van der Waals surface area contributed by atoms with E-state index in [1.54, 1.807) is 24.3 Å². The van der Waals surface area contributed by atoms with Crippen molar-refractivity contribution in [2.45, 2.75) is 37.0 Å². The minimum absolute atomic E-state index is 0.117. The molecule has 1 aromatic rings. The van der Waals surface area contributed by atoms with Gasteiger partial charge in [0.2, 0.25) is 0 Å². The van der Waals surface area contributed by atoms with Crippen LogP contribution in [-0.2, 0) is 9.84 Å². The average Bonchev–Trinajstić information content (AvgIpc) is 2.86. The third kappa shape index (κ3) is 6.38. The Hall–Kier alpha value is -0.930. The van der Waals surface area contributed by atoms with Gasteiger partial charge in [0.25, 0.3) is 5.76 Å². The summed E-state index contributed by atoms with van der Waals surface area (Å²) in [5.41, 5.74) is 0.693. The van der Waals surface area contributed by atoms with Gasteiger partial charge in [-0.15, -0.1) is 0 Å². The van der Waals surface area contributed by atoms with Crippen molar-refractivity contribution in [3.8, 4) is 0 Å². The number of nitrogens with one attached hydrogen (secondary N) is 1. The van der Waals surface area contributed by atoms with Crippen LogP contribution in [0.4, 0.5) is 14.5 Å². The number of thiocarbonyl (C=S) groups is 1. The van der Waals surface area contributed by atoms with Crippen LogP contribution in [0.25, 0.3) is 0 Å². The summed E-state index contributed by atoms with van der Waals surface area (Å²) < 4.78 is 48.3. The van der Waals surface area contributed by atoms with Gasteiger partial charge in [0.1, 0.15) is 0 Å². The lowest BCUT2D eigenvalue weighted by Crippen LogP contribution is -2.45. The second-order valence-corrected chi connectivity index (χ2v) is 10.1. The summed E-state index contributed by atoms with van der Waals surface area (Å²) in [4.78, 5) is 2.42. The highest BCUT2D eigenvalue weighted by Crippen LogP contribution is 2.26. The van der Waals surface area contributed by atoms with E-state index in [1.165, 1.54) is 0 Å². The van der Waals surface area contributed by atoms with Crippen molar-refractivity contribution in [2.24, 2.45) is 5.92 Å². The summed E-state index contributed by atoms with van der Waals surface area (Å²) in [5, 5.41) is 3.56. The molecular formula is C16H22F2N2O2S3. The van der Waals surface area contributed by atoms with Gasteiger partial charge in [-0.05, 0) is 48.8 Å². The fraction of sp³-hybridized carbons (Fsp3) is 0.562. The van der Waals surface area contributed by atoms with E-state index in [9.17, 15) is 17.2 Å². The maximum absolute atomic E-state index is 12.4. The first-order chi connectivity index (χ1) is 11.7. The predicted molar refractivity (Wildman–Crippen MR) is 103 cm³/mol. The lowest BCUT2D eigenvalue weighted by Gasteiger charge is -2.32. The molecule has 1 aliphatic heterocycles. The van der Waals surface area contributed by atoms with Crippen LogP contribution in [0.2, 0.25) is 0 Å². The van der Waals surface area contributed by atoms with E-state index in [0.29, 0.717) is 46.3 Å². The Morgan fingerprint density at radius 2 is 2.00 bits per heavy atom. The number of hydrogen-bond acceptors (Lipinski definition) is 4. The molecule has 0 aromatic heterocycles. The number of sulfone groups is 1. The van der Waals surface area contributed by atoms with Crippen LogP contribution in [0.3, 0.4) is 0 Å². The fourth-order valence-corrected chi connectivity index (χ4v) is 5.30. The van der Waals surface area contributed by atoms with E-state index in [1.807, 2.05) is 4.90 Å². The molecule has 0 unspecified atom stereocenters. The van der Waals surface area contributed by atoms with Crippen LogP contribution in [0.5, 0.6) is 0 Å². The Bertz CT molecular complexity index is 694. The zero-order valence-corrected chi connectivity index (χ0v) is 16.6. The maximum Gasteiger partial charge on any atom is 0.288 e. The van der Waals surface area contributed by atoms with Gasteiger partial charge >= 0.3 is 0 Å². The van der Waals surface area contributed by atoms with Gasteiger partial charge in [0, 0.05) is 23.2 Å². The third-order valence-corrected chi connectivity index (χ3v) is 6.61. The first kappa shape index (κ1) is 20.4. The highest BCUT2D eigenvalue weighted by atomic mass is 32.2. The minimum atomic E-state index is -3.00. The molecule has 2 rings (SSSR count). The molecule has 140 valence electrons. The molecule has 0 spiro atoms. The molecule has 25 heavy (non-hydrogen) atoms. The number of benzene rings is 1. The van der Waals surface area contributed by atoms with Gasteiger partial charge < -0.3 is 10.2 Å². The van der Waals surface area contributed by atoms with Gasteiger partial charge in [-0.1, -0.05) is 25.6 Å². The second-order valence-electron chi connectivity index (χ2n) is 6.44. The smallest absolute Gasteiger partial charge is 0.288 e. The largest absolute Gasteiger partial charge is 0.345 e. The molecule has 0 saturated carbocycles. The molecule has 1 saturated heterocycles. The zero-order chi connectivity index (χ0) is 18.6. The van der Waals surface area contributed by atoms with E-state index in [2.05, 4.69) is 19.2 Å². The molecule has 0 aliphatic carbocycles. The van der Waals surface area contributed by atoms with Crippen LogP contribution >= 0.6 is 24.0 Å². The van der Waals surface area contributed by atoms with E-state index in [-0.39, 0.29) is 17.5 Å². The Balaban J connectivity index is 2.06. The van der Waals surface area contributed by atoms with Crippen molar-refractivity contribution >= 4 is 44.6 Å². The number of alkyl halides is 2. The van der Waals surface area contributed by atoms with Crippen molar-refractivity contribution in [2.75, 3.05) is 23.4 Å². The quantitative estimate of drug-likeness (QED) is 0.570. The molecule has 1 aliphatic rings. The van der Waals surface area contributed by atoms with E-state index in [4.69, 9.17) is 12.2 Å². The third-order valence-electron chi connectivity index (χ3n) is 3.80. The number of halogens is 2. The van der Waals surface area contributed by atoms with Crippen LogP contribution in [-0.4, -0.2) is 48.3 Å². The predicted octanol–water partition coefficient (Wildman–Crippen LogP) is 3.84. The van der Waals surface area contributed by atoms with E-state index >= 15 is 0 Å². The van der Waals surface area contributed by atoms with E-state index < -0.39 is 15.6 Å². The van der Waals surface area contributed by atoms with Crippen molar-refractivity contribution in [1.82, 2.24) is 4.90 Å². The van der Waals surface area contributed by atoms with Gasteiger partial charge in [-0.3, -0.25) is 0 Å². The van der Waals surface area contributed by atoms with Gasteiger partial charge in [-0.2, -0.15) is 8.78 Å². The minimum Gasteiger partial charge on any atom is -0.345 e. The molecule has 0 bridgehead atoms. The van der Waals surface area contributed by atoms with Crippen molar-refractivity contribution in [3.05, 3.63) is 24.3 Å².